The van der Waals surface area contributed by atoms with E-state index in [2.05, 4.69) is 0 Å². The average molecular weight is 235 g/mol. The fraction of sp³-hybridized carbons (Fsp3) is 0.167. The maximum atomic E-state index is 11.5. The molecule has 84 valence electrons. The van der Waals surface area contributed by atoms with Crippen LogP contribution in [0.4, 0.5) is 0 Å². The third kappa shape index (κ3) is 1.94. The first kappa shape index (κ1) is 11.1. The number of nitrogens with two attached hydrogens (primary N) is 1. The van der Waals surface area contributed by atoms with Crippen molar-refractivity contribution in [3.8, 4) is 0 Å². The molecular formula is C12H13NO2S. The van der Waals surface area contributed by atoms with E-state index >= 15 is 0 Å². The zero-order valence-electron chi connectivity index (χ0n) is 8.97. The molecule has 2 aromatic carbocycles. The minimum Gasteiger partial charge on any atom is -0.225 e. The van der Waals surface area contributed by atoms with Gasteiger partial charge >= 0.3 is 0 Å². The normalized spacial score (nSPS) is 11.9. The molecule has 0 aromatic heterocycles. The SMILES string of the molecule is CCc1cc(S(N)(=O)=O)c2ccccc2c1. The van der Waals surface area contributed by atoms with Gasteiger partial charge in [-0.1, -0.05) is 37.3 Å². The van der Waals surface area contributed by atoms with Crippen molar-refractivity contribution in [3.63, 3.8) is 0 Å². The van der Waals surface area contributed by atoms with Gasteiger partial charge in [-0.3, -0.25) is 0 Å². The lowest BCUT2D eigenvalue weighted by atomic mass is 10.1. The molecule has 0 amide bonds. The van der Waals surface area contributed by atoms with E-state index in [0.29, 0.717) is 5.39 Å². The van der Waals surface area contributed by atoms with Crippen LogP contribution in [0.5, 0.6) is 0 Å². The van der Waals surface area contributed by atoms with Gasteiger partial charge in [-0.2, -0.15) is 0 Å². The molecule has 0 saturated heterocycles. The summed E-state index contributed by atoms with van der Waals surface area (Å²) in [7, 11) is -3.66. The van der Waals surface area contributed by atoms with Gasteiger partial charge in [-0.05, 0) is 23.4 Å². The first-order valence-corrected chi connectivity index (χ1v) is 6.61. The summed E-state index contributed by atoms with van der Waals surface area (Å²) in [5.41, 5.74) is 0.975. The van der Waals surface area contributed by atoms with Crippen molar-refractivity contribution >= 4 is 20.8 Å². The zero-order chi connectivity index (χ0) is 11.8. The van der Waals surface area contributed by atoms with E-state index in [1.165, 1.54) is 0 Å². The summed E-state index contributed by atoms with van der Waals surface area (Å²) in [6.07, 6.45) is 0.785. The van der Waals surface area contributed by atoms with Crippen LogP contribution in [0.3, 0.4) is 0 Å². The van der Waals surface area contributed by atoms with Crippen LogP contribution in [-0.2, 0) is 16.4 Å². The Morgan fingerprint density at radius 2 is 1.88 bits per heavy atom. The molecule has 0 aliphatic carbocycles. The Bertz CT molecular complexity index is 633. The Morgan fingerprint density at radius 1 is 1.19 bits per heavy atom. The van der Waals surface area contributed by atoms with Gasteiger partial charge in [0.25, 0.3) is 0 Å². The molecule has 0 atom stereocenters. The molecular weight excluding hydrogens is 222 g/mol. The quantitative estimate of drug-likeness (QED) is 0.866. The van der Waals surface area contributed by atoms with E-state index in [1.807, 2.05) is 31.2 Å². The lowest BCUT2D eigenvalue weighted by molar-refractivity contribution is 0.598. The van der Waals surface area contributed by atoms with Gasteiger partial charge in [-0.15, -0.1) is 0 Å². The molecule has 2 N–H and O–H groups in total. The highest BCUT2D eigenvalue weighted by Crippen LogP contribution is 2.24. The van der Waals surface area contributed by atoms with Crippen LogP contribution in [-0.4, -0.2) is 8.42 Å². The molecule has 0 radical (unpaired) electrons. The molecule has 0 aliphatic rings. The fourth-order valence-corrected chi connectivity index (χ4v) is 2.58. The Balaban J connectivity index is 2.90. The second-order valence-electron chi connectivity index (χ2n) is 3.71. The molecule has 4 heteroatoms. The molecule has 0 fully saturated rings. The van der Waals surface area contributed by atoms with Gasteiger partial charge in [0.05, 0.1) is 4.90 Å². The second kappa shape index (κ2) is 3.88. The predicted octanol–water partition coefficient (Wildman–Crippen LogP) is 2.05. The second-order valence-corrected chi connectivity index (χ2v) is 5.24. The van der Waals surface area contributed by atoms with Crippen molar-refractivity contribution in [1.29, 1.82) is 0 Å². The first-order valence-electron chi connectivity index (χ1n) is 5.07. The molecule has 0 bridgehead atoms. The number of hydrogen-bond donors (Lipinski definition) is 1. The maximum absolute atomic E-state index is 11.5. The lowest BCUT2D eigenvalue weighted by Gasteiger charge is -2.07. The van der Waals surface area contributed by atoms with Crippen LogP contribution in [0.1, 0.15) is 12.5 Å². The summed E-state index contributed by atoms with van der Waals surface area (Å²) < 4.78 is 23.0. The summed E-state index contributed by atoms with van der Waals surface area (Å²) in [6, 6.07) is 11.0. The van der Waals surface area contributed by atoms with E-state index in [4.69, 9.17) is 5.14 Å². The van der Waals surface area contributed by atoms with Crippen molar-refractivity contribution < 1.29 is 8.42 Å². The van der Waals surface area contributed by atoms with Crippen LogP contribution in [0.15, 0.2) is 41.3 Å². The van der Waals surface area contributed by atoms with E-state index < -0.39 is 10.0 Å². The summed E-state index contributed by atoms with van der Waals surface area (Å²) in [5.74, 6) is 0. The van der Waals surface area contributed by atoms with Crippen LogP contribution in [0.2, 0.25) is 0 Å². The first-order chi connectivity index (χ1) is 7.52. The van der Waals surface area contributed by atoms with Crippen molar-refractivity contribution in [2.75, 3.05) is 0 Å². The van der Waals surface area contributed by atoms with Crippen molar-refractivity contribution in [3.05, 3.63) is 42.0 Å². The Morgan fingerprint density at radius 3 is 2.50 bits per heavy atom. The zero-order valence-corrected chi connectivity index (χ0v) is 9.79. The van der Waals surface area contributed by atoms with Crippen LogP contribution in [0.25, 0.3) is 10.8 Å². The largest absolute Gasteiger partial charge is 0.238 e. The predicted molar refractivity (Wildman–Crippen MR) is 64.7 cm³/mol. The molecule has 2 rings (SSSR count). The van der Waals surface area contributed by atoms with E-state index in [9.17, 15) is 8.42 Å². The minimum atomic E-state index is -3.66. The van der Waals surface area contributed by atoms with Crippen molar-refractivity contribution in [2.24, 2.45) is 5.14 Å². The lowest BCUT2D eigenvalue weighted by Crippen LogP contribution is -2.13. The Kier molecular flexibility index (Phi) is 2.69. The third-order valence-corrected chi connectivity index (χ3v) is 3.55. The van der Waals surface area contributed by atoms with Crippen LogP contribution >= 0.6 is 0 Å². The molecule has 0 spiro atoms. The highest BCUT2D eigenvalue weighted by molar-refractivity contribution is 7.89. The van der Waals surface area contributed by atoms with Crippen molar-refractivity contribution in [2.45, 2.75) is 18.2 Å². The highest BCUT2D eigenvalue weighted by atomic mass is 32.2. The molecule has 0 heterocycles. The monoisotopic (exact) mass is 235 g/mol. The standard InChI is InChI=1S/C12H13NO2S/c1-2-9-7-10-5-3-4-6-11(10)12(8-9)16(13,14)15/h3-8H,2H2,1H3,(H2,13,14,15). The number of sulfonamides is 1. The molecule has 3 nitrogen and oxygen atoms in total. The van der Waals surface area contributed by atoms with E-state index in [-0.39, 0.29) is 4.90 Å². The van der Waals surface area contributed by atoms with Gasteiger partial charge in [-0.25, -0.2) is 13.6 Å². The third-order valence-electron chi connectivity index (χ3n) is 2.60. The number of benzene rings is 2. The van der Waals surface area contributed by atoms with Gasteiger partial charge < -0.3 is 0 Å². The van der Waals surface area contributed by atoms with Gasteiger partial charge in [0.1, 0.15) is 0 Å². The number of primary sulfonamides is 1. The van der Waals surface area contributed by atoms with Gasteiger partial charge in [0.15, 0.2) is 0 Å². The fourth-order valence-electron chi connectivity index (χ4n) is 1.77. The summed E-state index contributed by atoms with van der Waals surface area (Å²) in [4.78, 5) is 0.211. The average Bonchev–Trinajstić information content (AvgIpc) is 2.26. The number of fused-ring (bicyclic) bond motifs is 1. The van der Waals surface area contributed by atoms with Crippen LogP contribution in [0, 0.1) is 0 Å². The topological polar surface area (TPSA) is 60.2 Å². The smallest absolute Gasteiger partial charge is 0.225 e. The summed E-state index contributed by atoms with van der Waals surface area (Å²) >= 11 is 0. The maximum Gasteiger partial charge on any atom is 0.238 e. The summed E-state index contributed by atoms with van der Waals surface area (Å²) in [6.45, 7) is 1.98. The Hall–Kier alpha value is -1.39. The molecule has 16 heavy (non-hydrogen) atoms. The molecule has 0 aliphatic heterocycles. The Labute approximate surface area is 94.9 Å². The van der Waals surface area contributed by atoms with Gasteiger partial charge in [0.2, 0.25) is 10.0 Å². The summed E-state index contributed by atoms with van der Waals surface area (Å²) in [5, 5.41) is 6.81. The number of aryl methyl sites for hydroxylation is 1. The minimum absolute atomic E-state index is 0.211. The molecule has 2 aromatic rings. The van der Waals surface area contributed by atoms with Crippen LogP contribution < -0.4 is 5.14 Å². The molecule has 0 saturated carbocycles. The number of rotatable bonds is 2. The van der Waals surface area contributed by atoms with Crippen molar-refractivity contribution in [1.82, 2.24) is 0 Å². The molecule has 0 unspecified atom stereocenters. The number of hydrogen-bond acceptors (Lipinski definition) is 2. The van der Waals surface area contributed by atoms with E-state index in [1.54, 1.807) is 12.1 Å². The van der Waals surface area contributed by atoms with E-state index in [0.717, 1.165) is 17.4 Å². The van der Waals surface area contributed by atoms with Gasteiger partial charge in [0, 0.05) is 5.39 Å². The highest BCUT2D eigenvalue weighted by Gasteiger charge is 2.13.